The highest BCUT2D eigenvalue weighted by molar-refractivity contribution is 6.38. The van der Waals surface area contributed by atoms with Gasteiger partial charge < -0.3 is 35.8 Å². The molecule has 0 aromatic heterocycles. The van der Waals surface area contributed by atoms with Crippen molar-refractivity contribution in [2.45, 2.75) is 97.8 Å². The lowest BCUT2D eigenvalue weighted by atomic mass is 9.87. The SMILES string of the molecule is C=CCNC(=O)C(=O)C(CCC)NC(=O)[C@@H]1C(C(C)C)CCN1C(=O)[C@@H](NC(=O)N[C@H](COC(=O)N(C)C)C(C)(C)C)C1Cc2ccccc2C1. The van der Waals surface area contributed by atoms with Gasteiger partial charge in [0.25, 0.3) is 5.91 Å². The van der Waals surface area contributed by atoms with Crippen molar-refractivity contribution >= 4 is 35.6 Å². The maximum Gasteiger partial charge on any atom is 0.409 e. The zero-order valence-electron chi connectivity index (χ0n) is 31.5. The van der Waals surface area contributed by atoms with E-state index >= 15 is 0 Å². The van der Waals surface area contributed by atoms with Crippen LogP contribution in [0.25, 0.3) is 0 Å². The van der Waals surface area contributed by atoms with Gasteiger partial charge in [0.1, 0.15) is 18.7 Å². The van der Waals surface area contributed by atoms with Crippen molar-refractivity contribution in [3.8, 4) is 0 Å². The summed E-state index contributed by atoms with van der Waals surface area (Å²) in [6, 6.07) is 3.80. The standard InChI is InChI=1S/C38H58N6O7/c1-10-14-28(32(45)34(47)39-18-11-2)40-33(46)31-27(23(3)4)17-19-44(31)35(48)30(26-20-24-15-12-13-16-25(24)21-26)42-36(49)41-29(38(5,6)7)22-51-37(50)43(8)9/h11-13,15-16,23,26-31H,2,10,14,17-22H2,1,3-9H3,(H,39,47)(H,40,46)(H2,41,42,49)/t27?,28?,29-,30+,31+/m1/s1. The van der Waals surface area contributed by atoms with Crippen LogP contribution in [-0.4, -0.2) is 103 Å². The molecule has 1 aromatic rings. The fraction of sp³-hybridized carbons (Fsp3) is 0.632. The number of ether oxygens (including phenoxy) is 1. The molecule has 51 heavy (non-hydrogen) atoms. The van der Waals surface area contributed by atoms with Gasteiger partial charge in [0.2, 0.25) is 17.6 Å². The molecule has 0 bridgehead atoms. The van der Waals surface area contributed by atoms with E-state index in [9.17, 15) is 28.8 Å². The number of amides is 6. The molecule has 13 heteroatoms. The van der Waals surface area contributed by atoms with Crippen LogP contribution in [0, 0.1) is 23.2 Å². The van der Waals surface area contributed by atoms with Gasteiger partial charge in [-0.1, -0.05) is 78.3 Å². The Labute approximate surface area is 302 Å². The molecule has 13 nitrogen and oxygen atoms in total. The molecule has 5 atom stereocenters. The Morgan fingerprint density at radius 2 is 1.65 bits per heavy atom. The zero-order valence-corrected chi connectivity index (χ0v) is 31.5. The van der Waals surface area contributed by atoms with E-state index in [2.05, 4.69) is 27.8 Å². The van der Waals surface area contributed by atoms with Crippen LogP contribution >= 0.6 is 0 Å². The summed E-state index contributed by atoms with van der Waals surface area (Å²) in [5.74, 6) is -2.94. The van der Waals surface area contributed by atoms with Crippen molar-refractivity contribution in [3.05, 3.63) is 48.0 Å². The molecule has 1 fully saturated rings. The molecule has 0 saturated carbocycles. The van der Waals surface area contributed by atoms with E-state index in [1.54, 1.807) is 19.0 Å². The number of hydrogen-bond donors (Lipinski definition) is 4. The van der Waals surface area contributed by atoms with Crippen molar-refractivity contribution in [1.82, 2.24) is 31.1 Å². The summed E-state index contributed by atoms with van der Waals surface area (Å²) >= 11 is 0. The summed E-state index contributed by atoms with van der Waals surface area (Å²) in [6.07, 6.45) is 3.39. The highest BCUT2D eigenvalue weighted by atomic mass is 16.6. The predicted octanol–water partition coefficient (Wildman–Crippen LogP) is 3.21. The molecule has 282 valence electrons. The van der Waals surface area contributed by atoms with Crippen LogP contribution in [0.2, 0.25) is 0 Å². The number of rotatable bonds is 15. The lowest BCUT2D eigenvalue weighted by Gasteiger charge is -2.35. The van der Waals surface area contributed by atoms with Gasteiger partial charge in [-0.2, -0.15) is 0 Å². The molecule has 0 radical (unpaired) electrons. The molecular weight excluding hydrogens is 652 g/mol. The monoisotopic (exact) mass is 710 g/mol. The maximum atomic E-state index is 14.7. The second-order valence-corrected chi connectivity index (χ2v) is 15.3. The Balaban J connectivity index is 1.91. The Bertz CT molecular complexity index is 1410. The fourth-order valence-electron chi connectivity index (χ4n) is 6.84. The molecule has 2 unspecified atom stereocenters. The van der Waals surface area contributed by atoms with Crippen LogP contribution in [0.15, 0.2) is 36.9 Å². The fourth-order valence-corrected chi connectivity index (χ4v) is 6.84. The first kappa shape index (κ1) is 41.0. The summed E-state index contributed by atoms with van der Waals surface area (Å²) in [7, 11) is 3.14. The molecule has 1 aromatic carbocycles. The van der Waals surface area contributed by atoms with Crippen molar-refractivity contribution < 1.29 is 33.5 Å². The van der Waals surface area contributed by atoms with Gasteiger partial charge in [-0.05, 0) is 60.0 Å². The van der Waals surface area contributed by atoms with Gasteiger partial charge in [0.15, 0.2) is 0 Å². The summed E-state index contributed by atoms with van der Waals surface area (Å²) in [6.45, 7) is 15.5. The van der Waals surface area contributed by atoms with E-state index in [1.165, 1.54) is 11.0 Å². The van der Waals surface area contributed by atoms with E-state index in [0.717, 1.165) is 11.1 Å². The number of urea groups is 1. The van der Waals surface area contributed by atoms with Gasteiger partial charge in [-0.15, -0.1) is 6.58 Å². The normalized spacial score (nSPS) is 19.0. The number of nitrogens with one attached hydrogen (secondary N) is 4. The van der Waals surface area contributed by atoms with E-state index in [4.69, 9.17) is 4.74 Å². The molecule has 0 spiro atoms. The number of likely N-dealkylation sites (tertiary alicyclic amines) is 1. The molecular formula is C38H58N6O7. The molecule has 3 rings (SSSR count). The molecule has 6 amide bonds. The molecule has 2 aliphatic rings. The summed E-state index contributed by atoms with van der Waals surface area (Å²) < 4.78 is 5.41. The quantitative estimate of drug-likeness (QED) is 0.160. The smallest absolute Gasteiger partial charge is 0.409 e. The topological polar surface area (TPSA) is 166 Å². The first-order valence-electron chi connectivity index (χ1n) is 18.0. The third kappa shape index (κ3) is 10.8. The number of carbonyl (C=O) groups excluding carboxylic acids is 6. The first-order chi connectivity index (χ1) is 24.0. The second kappa shape index (κ2) is 18.2. The molecule has 1 aliphatic heterocycles. The lowest BCUT2D eigenvalue weighted by molar-refractivity contribution is -0.144. The number of nitrogens with zero attached hydrogens (tertiary/aromatic N) is 2. The third-order valence-corrected chi connectivity index (χ3v) is 9.89. The molecule has 1 aliphatic carbocycles. The second-order valence-electron chi connectivity index (χ2n) is 15.3. The largest absolute Gasteiger partial charge is 0.447 e. The lowest BCUT2D eigenvalue weighted by Crippen LogP contribution is -2.61. The van der Waals surface area contributed by atoms with E-state index in [1.807, 2.05) is 65.8 Å². The Kier molecular flexibility index (Phi) is 14.6. The summed E-state index contributed by atoms with van der Waals surface area (Å²) in [5.41, 5.74) is 1.69. The number of carbonyl (C=O) groups is 6. The van der Waals surface area contributed by atoms with Crippen LogP contribution in [0.1, 0.15) is 71.9 Å². The summed E-state index contributed by atoms with van der Waals surface area (Å²) in [4.78, 5) is 83.3. The Morgan fingerprint density at radius 1 is 1.02 bits per heavy atom. The van der Waals surface area contributed by atoms with E-state index < -0.39 is 59.3 Å². The minimum absolute atomic E-state index is 0.0256. The number of fused-ring (bicyclic) bond motifs is 1. The Morgan fingerprint density at radius 3 is 2.18 bits per heavy atom. The van der Waals surface area contributed by atoms with Crippen LogP contribution in [0.4, 0.5) is 9.59 Å². The van der Waals surface area contributed by atoms with Crippen molar-refractivity contribution in [3.63, 3.8) is 0 Å². The number of benzene rings is 1. The van der Waals surface area contributed by atoms with Gasteiger partial charge in [-0.25, -0.2) is 9.59 Å². The maximum absolute atomic E-state index is 14.7. The Hall–Kier alpha value is -4.42. The van der Waals surface area contributed by atoms with Crippen LogP contribution in [0.5, 0.6) is 0 Å². The highest BCUT2D eigenvalue weighted by Crippen LogP contribution is 2.35. The first-order valence-corrected chi connectivity index (χ1v) is 18.0. The number of ketones is 1. The molecule has 1 saturated heterocycles. The number of hydrogen-bond acceptors (Lipinski definition) is 7. The average Bonchev–Trinajstić information content (AvgIpc) is 3.71. The van der Waals surface area contributed by atoms with E-state index in [-0.39, 0.29) is 49.8 Å². The van der Waals surface area contributed by atoms with Crippen molar-refractivity contribution in [2.24, 2.45) is 23.2 Å². The minimum Gasteiger partial charge on any atom is -0.447 e. The van der Waals surface area contributed by atoms with Gasteiger partial charge in [0.05, 0.1) is 12.1 Å². The number of Topliss-reactive ketones (excluding diaryl/α,β-unsaturated/α-hetero) is 1. The van der Waals surface area contributed by atoms with Crippen LogP contribution < -0.4 is 21.3 Å². The molecule has 1 heterocycles. The minimum atomic E-state index is -1.06. The van der Waals surface area contributed by atoms with Gasteiger partial charge in [0, 0.05) is 27.2 Å². The van der Waals surface area contributed by atoms with Crippen molar-refractivity contribution in [1.29, 1.82) is 0 Å². The zero-order chi connectivity index (χ0) is 38.0. The predicted molar refractivity (Wildman–Crippen MR) is 195 cm³/mol. The van der Waals surface area contributed by atoms with Crippen LogP contribution in [-0.2, 0) is 36.8 Å². The third-order valence-electron chi connectivity index (χ3n) is 9.89. The van der Waals surface area contributed by atoms with Gasteiger partial charge >= 0.3 is 12.1 Å². The van der Waals surface area contributed by atoms with Gasteiger partial charge in [-0.3, -0.25) is 19.2 Å². The summed E-state index contributed by atoms with van der Waals surface area (Å²) in [5, 5.41) is 11.2. The van der Waals surface area contributed by atoms with Crippen LogP contribution in [0.3, 0.4) is 0 Å². The van der Waals surface area contributed by atoms with Crippen molar-refractivity contribution in [2.75, 3.05) is 33.8 Å². The highest BCUT2D eigenvalue weighted by Gasteiger charge is 2.47. The van der Waals surface area contributed by atoms with E-state index in [0.29, 0.717) is 25.7 Å². The molecule has 4 N–H and O–H groups in total. The average molecular weight is 711 g/mol.